The number of para-hydroxylation sites is 1. The van der Waals surface area contributed by atoms with Gasteiger partial charge in [0.25, 0.3) is 0 Å². The van der Waals surface area contributed by atoms with E-state index in [1.165, 1.54) is 0 Å². The summed E-state index contributed by atoms with van der Waals surface area (Å²) < 4.78 is 9.86. The van der Waals surface area contributed by atoms with Crippen molar-refractivity contribution in [2.45, 2.75) is 0 Å². The van der Waals surface area contributed by atoms with Gasteiger partial charge in [-0.2, -0.15) is 0 Å². The van der Waals surface area contributed by atoms with E-state index in [9.17, 15) is 0 Å². The average Bonchev–Trinajstić information content (AvgIpc) is 2.03. The Morgan fingerprint density at radius 1 is 1.20 bits per heavy atom. The van der Waals surface area contributed by atoms with Gasteiger partial charge in [-0.15, -0.1) is 0 Å². The highest BCUT2D eigenvalue weighted by Gasteiger charge is 1.90. The van der Waals surface area contributed by atoms with E-state index in [1.54, 1.807) is 7.11 Å². The molecule has 1 rings (SSSR count). The molecule has 0 aliphatic carbocycles. The van der Waals surface area contributed by atoms with Crippen molar-refractivity contribution in [2.75, 3.05) is 7.11 Å². The van der Waals surface area contributed by atoms with Crippen LogP contribution in [0.3, 0.4) is 0 Å². The molecule has 0 heterocycles. The molecule has 0 spiro atoms. The summed E-state index contributed by atoms with van der Waals surface area (Å²) in [5, 5.41) is 0. The van der Waals surface area contributed by atoms with Crippen LogP contribution in [-0.4, -0.2) is 14.8 Å². The maximum Gasteiger partial charge on any atom is 0.506 e. The number of hydrogen-bond acceptors (Lipinski definition) is 2. The zero-order valence-electron chi connectivity index (χ0n) is 5.91. The summed E-state index contributed by atoms with van der Waals surface area (Å²) in [6.07, 6.45) is 0. The molecule has 0 N–H and O–H groups in total. The Hall–Kier alpha value is -0.955. The van der Waals surface area contributed by atoms with E-state index in [1.807, 2.05) is 30.3 Å². The summed E-state index contributed by atoms with van der Waals surface area (Å²) >= 11 is 0. The molecule has 0 aromatic heterocycles. The van der Waals surface area contributed by atoms with Crippen molar-refractivity contribution in [2.24, 2.45) is 0 Å². The molecule has 2 nitrogen and oxygen atoms in total. The highest BCUT2D eigenvalue weighted by Crippen LogP contribution is 2.06. The summed E-state index contributed by atoms with van der Waals surface area (Å²) in [6, 6.07) is 9.56. The zero-order valence-corrected chi connectivity index (χ0v) is 5.91. The van der Waals surface area contributed by atoms with Crippen LogP contribution in [-0.2, 0) is 4.65 Å². The normalized spacial score (nSPS) is 8.90. The number of benzene rings is 1. The Labute approximate surface area is 61.1 Å². The minimum Gasteiger partial charge on any atom is -0.539 e. The third kappa shape index (κ3) is 2.11. The standard InChI is InChI=1S/C7H9BO2/c1-9-8-10-7-5-3-2-4-6-7/h2-6,8H,1H3. The SMILES string of the molecule is COBOc1ccccc1. The molecule has 0 amide bonds. The summed E-state index contributed by atoms with van der Waals surface area (Å²) in [4.78, 5) is 0. The molecule has 1 aromatic rings. The highest BCUT2D eigenvalue weighted by atomic mass is 16.6. The van der Waals surface area contributed by atoms with Crippen LogP contribution >= 0.6 is 0 Å². The lowest BCUT2D eigenvalue weighted by atomic mass is 10.3. The summed E-state index contributed by atoms with van der Waals surface area (Å²) in [6.45, 7) is 0. The maximum atomic E-state index is 5.13. The van der Waals surface area contributed by atoms with Crippen LogP contribution in [0.1, 0.15) is 0 Å². The Kier molecular flexibility index (Phi) is 2.83. The molecule has 0 saturated carbocycles. The molecule has 0 unspecified atom stereocenters. The minimum absolute atomic E-state index is 0.310. The van der Waals surface area contributed by atoms with Crippen LogP contribution in [0, 0.1) is 0 Å². The van der Waals surface area contributed by atoms with Gasteiger partial charge in [-0.05, 0) is 12.1 Å². The third-order valence-electron chi connectivity index (χ3n) is 1.09. The molecule has 10 heavy (non-hydrogen) atoms. The largest absolute Gasteiger partial charge is 0.539 e. The van der Waals surface area contributed by atoms with Crippen LogP contribution in [0.15, 0.2) is 30.3 Å². The number of rotatable bonds is 3. The van der Waals surface area contributed by atoms with Crippen molar-refractivity contribution in [3.8, 4) is 5.75 Å². The van der Waals surface area contributed by atoms with E-state index in [2.05, 4.69) is 0 Å². The Morgan fingerprint density at radius 2 is 1.90 bits per heavy atom. The van der Waals surface area contributed by atoms with Gasteiger partial charge < -0.3 is 9.31 Å². The van der Waals surface area contributed by atoms with Gasteiger partial charge in [0, 0.05) is 7.11 Å². The first-order chi connectivity index (χ1) is 4.93. The van der Waals surface area contributed by atoms with Gasteiger partial charge in [0.2, 0.25) is 0 Å². The van der Waals surface area contributed by atoms with Crippen molar-refractivity contribution in [1.29, 1.82) is 0 Å². The average molecular weight is 136 g/mol. The van der Waals surface area contributed by atoms with Crippen LogP contribution in [0.5, 0.6) is 5.75 Å². The van der Waals surface area contributed by atoms with Crippen molar-refractivity contribution < 1.29 is 9.31 Å². The fraction of sp³-hybridized carbons (Fsp3) is 0.143. The Bertz CT molecular complexity index is 176. The van der Waals surface area contributed by atoms with E-state index in [4.69, 9.17) is 9.31 Å². The molecule has 0 fully saturated rings. The third-order valence-corrected chi connectivity index (χ3v) is 1.09. The van der Waals surface area contributed by atoms with Crippen LogP contribution < -0.4 is 4.65 Å². The van der Waals surface area contributed by atoms with E-state index in [-0.39, 0.29) is 0 Å². The van der Waals surface area contributed by atoms with Gasteiger partial charge in [-0.25, -0.2) is 0 Å². The quantitative estimate of drug-likeness (QED) is 0.576. The van der Waals surface area contributed by atoms with Gasteiger partial charge in [0.05, 0.1) is 0 Å². The van der Waals surface area contributed by atoms with Crippen molar-refractivity contribution in [1.82, 2.24) is 0 Å². The maximum absolute atomic E-state index is 5.13. The molecule has 0 bridgehead atoms. The summed E-state index contributed by atoms with van der Waals surface area (Å²) in [5.74, 6) is 0.837. The van der Waals surface area contributed by atoms with E-state index < -0.39 is 0 Å². The van der Waals surface area contributed by atoms with E-state index in [0.717, 1.165) is 5.75 Å². The molecular weight excluding hydrogens is 127 g/mol. The lowest BCUT2D eigenvalue weighted by Gasteiger charge is -2.00. The molecule has 52 valence electrons. The van der Waals surface area contributed by atoms with E-state index >= 15 is 0 Å². The predicted octanol–water partition coefficient (Wildman–Crippen LogP) is 0.978. The van der Waals surface area contributed by atoms with Crippen molar-refractivity contribution in [3.05, 3.63) is 30.3 Å². The van der Waals surface area contributed by atoms with Gasteiger partial charge in [-0.1, -0.05) is 18.2 Å². The molecule has 3 heteroatoms. The molecule has 0 atom stereocenters. The summed E-state index contributed by atoms with van der Waals surface area (Å²) in [7, 11) is 1.91. The molecule has 0 radical (unpaired) electrons. The second-order valence-corrected chi connectivity index (χ2v) is 1.86. The first kappa shape index (κ1) is 7.16. The molecule has 1 aromatic carbocycles. The van der Waals surface area contributed by atoms with Gasteiger partial charge in [0.15, 0.2) is 0 Å². The smallest absolute Gasteiger partial charge is 0.506 e. The molecular formula is C7H9BO2. The minimum atomic E-state index is 0.310. The monoisotopic (exact) mass is 136 g/mol. The lowest BCUT2D eigenvalue weighted by molar-refractivity contribution is 0.366. The topological polar surface area (TPSA) is 18.5 Å². The molecule has 0 aliphatic heterocycles. The highest BCUT2D eigenvalue weighted by molar-refractivity contribution is 6.19. The molecule has 0 aliphatic rings. The van der Waals surface area contributed by atoms with Crippen LogP contribution in [0.2, 0.25) is 0 Å². The lowest BCUT2D eigenvalue weighted by Crippen LogP contribution is -2.03. The van der Waals surface area contributed by atoms with Crippen LogP contribution in [0.4, 0.5) is 0 Å². The van der Waals surface area contributed by atoms with Crippen molar-refractivity contribution >= 4 is 7.69 Å². The number of hydrogen-bond donors (Lipinski definition) is 0. The first-order valence-electron chi connectivity index (χ1n) is 3.10. The van der Waals surface area contributed by atoms with Gasteiger partial charge in [-0.3, -0.25) is 0 Å². The second kappa shape index (κ2) is 3.96. The fourth-order valence-electron chi connectivity index (χ4n) is 0.644. The summed E-state index contributed by atoms with van der Waals surface area (Å²) in [5.41, 5.74) is 0. The van der Waals surface area contributed by atoms with Crippen LogP contribution in [0.25, 0.3) is 0 Å². The van der Waals surface area contributed by atoms with E-state index in [0.29, 0.717) is 7.69 Å². The first-order valence-corrected chi connectivity index (χ1v) is 3.10. The van der Waals surface area contributed by atoms with Gasteiger partial charge >= 0.3 is 7.69 Å². The Balaban J connectivity index is 2.43. The van der Waals surface area contributed by atoms with Crippen molar-refractivity contribution in [3.63, 3.8) is 0 Å². The zero-order chi connectivity index (χ0) is 7.23. The predicted molar refractivity (Wildman–Crippen MR) is 41.2 cm³/mol. The molecule has 0 saturated heterocycles. The van der Waals surface area contributed by atoms with Gasteiger partial charge in [0.1, 0.15) is 5.75 Å². The fourth-order valence-corrected chi connectivity index (χ4v) is 0.644. The second-order valence-electron chi connectivity index (χ2n) is 1.86. The Morgan fingerprint density at radius 3 is 2.50 bits per heavy atom.